The van der Waals surface area contributed by atoms with Gasteiger partial charge in [0.2, 0.25) is 0 Å². The maximum Gasteiger partial charge on any atom is 0.116 e. The monoisotopic (exact) mass is 306 g/mol. The Bertz CT molecular complexity index is 577. The number of hydrogen-bond acceptors (Lipinski definition) is 4. The van der Waals surface area contributed by atoms with Crippen molar-refractivity contribution in [3.05, 3.63) is 34.3 Å². The number of nitrogens with one attached hydrogen (secondary N) is 1. The summed E-state index contributed by atoms with van der Waals surface area (Å²) >= 11 is 1.73. The smallest absolute Gasteiger partial charge is 0.116 e. The van der Waals surface area contributed by atoms with E-state index in [0.717, 1.165) is 17.2 Å². The Balaban J connectivity index is 2.39. The molecule has 0 aliphatic rings. The molecule has 2 aromatic rings. The minimum atomic E-state index is 0.0854. The second-order valence-electron chi connectivity index (χ2n) is 6.68. The van der Waals surface area contributed by atoms with Crippen LogP contribution in [0.5, 0.6) is 0 Å². The number of aromatic nitrogens is 3. The third-order valence-electron chi connectivity index (χ3n) is 3.42. The summed E-state index contributed by atoms with van der Waals surface area (Å²) in [7, 11) is 0. The summed E-state index contributed by atoms with van der Waals surface area (Å²) in [6.45, 7) is 14.0. The zero-order valence-corrected chi connectivity index (χ0v) is 14.7. The molecule has 2 heterocycles. The predicted octanol–water partition coefficient (Wildman–Crippen LogP) is 3.74. The van der Waals surface area contributed by atoms with Crippen molar-refractivity contribution in [1.82, 2.24) is 19.9 Å². The molecule has 2 aromatic heterocycles. The van der Waals surface area contributed by atoms with Crippen LogP contribution in [0, 0.1) is 0 Å². The third kappa shape index (κ3) is 3.71. The zero-order valence-electron chi connectivity index (χ0n) is 13.8. The fourth-order valence-corrected chi connectivity index (χ4v) is 3.33. The first-order valence-corrected chi connectivity index (χ1v) is 8.42. The van der Waals surface area contributed by atoms with Crippen molar-refractivity contribution in [2.24, 2.45) is 0 Å². The lowest BCUT2D eigenvalue weighted by Crippen LogP contribution is -2.30. The van der Waals surface area contributed by atoms with Gasteiger partial charge in [0.25, 0.3) is 0 Å². The Labute approximate surface area is 131 Å². The van der Waals surface area contributed by atoms with E-state index in [0.29, 0.717) is 6.04 Å². The zero-order chi connectivity index (χ0) is 15.6. The van der Waals surface area contributed by atoms with Crippen molar-refractivity contribution in [1.29, 1.82) is 0 Å². The van der Waals surface area contributed by atoms with Gasteiger partial charge in [0, 0.05) is 23.4 Å². The van der Waals surface area contributed by atoms with Crippen molar-refractivity contribution in [2.75, 3.05) is 0 Å². The van der Waals surface area contributed by atoms with Crippen LogP contribution in [-0.4, -0.2) is 20.6 Å². The van der Waals surface area contributed by atoms with E-state index in [2.05, 4.69) is 61.8 Å². The van der Waals surface area contributed by atoms with E-state index in [9.17, 15) is 0 Å². The topological polar surface area (TPSA) is 42.7 Å². The highest BCUT2D eigenvalue weighted by atomic mass is 32.1. The summed E-state index contributed by atoms with van der Waals surface area (Å²) in [4.78, 5) is 9.18. The maximum atomic E-state index is 4.88. The van der Waals surface area contributed by atoms with Crippen LogP contribution in [0.25, 0.3) is 0 Å². The molecule has 0 bridgehead atoms. The van der Waals surface area contributed by atoms with E-state index in [1.165, 1.54) is 5.69 Å². The molecule has 0 amide bonds. The van der Waals surface area contributed by atoms with Crippen LogP contribution in [0.4, 0.5) is 0 Å². The second-order valence-corrected chi connectivity index (χ2v) is 7.57. The summed E-state index contributed by atoms with van der Waals surface area (Å²) in [5.41, 5.74) is 2.42. The SMILES string of the molecule is CCn1cncc1C(NC(C)C)c1nc(C(C)(C)C)cs1. The summed E-state index contributed by atoms with van der Waals surface area (Å²) in [5.74, 6) is 0. The molecule has 0 aliphatic carbocycles. The fraction of sp³-hybridized carbons (Fsp3) is 0.625. The Morgan fingerprint density at radius 3 is 2.57 bits per heavy atom. The Kier molecular flexibility index (Phi) is 4.84. The van der Waals surface area contributed by atoms with Gasteiger partial charge >= 0.3 is 0 Å². The van der Waals surface area contributed by atoms with E-state index in [1.807, 2.05) is 12.5 Å². The van der Waals surface area contributed by atoms with Crippen molar-refractivity contribution >= 4 is 11.3 Å². The van der Waals surface area contributed by atoms with Gasteiger partial charge in [-0.1, -0.05) is 20.8 Å². The quantitative estimate of drug-likeness (QED) is 0.915. The minimum absolute atomic E-state index is 0.0854. The summed E-state index contributed by atoms with van der Waals surface area (Å²) in [5, 5.41) is 6.92. The average molecular weight is 306 g/mol. The number of aryl methyl sites for hydroxylation is 1. The van der Waals surface area contributed by atoms with Gasteiger partial charge in [0.05, 0.1) is 23.9 Å². The van der Waals surface area contributed by atoms with Crippen molar-refractivity contribution in [3.8, 4) is 0 Å². The van der Waals surface area contributed by atoms with E-state index >= 15 is 0 Å². The van der Waals surface area contributed by atoms with E-state index in [1.54, 1.807) is 11.3 Å². The lowest BCUT2D eigenvalue weighted by Gasteiger charge is -2.21. The second kappa shape index (κ2) is 6.28. The summed E-state index contributed by atoms with van der Waals surface area (Å²) in [6, 6.07) is 0.491. The lowest BCUT2D eigenvalue weighted by molar-refractivity contribution is 0.496. The first-order valence-electron chi connectivity index (χ1n) is 7.55. The Morgan fingerprint density at radius 1 is 1.33 bits per heavy atom. The third-order valence-corrected chi connectivity index (χ3v) is 4.33. The molecule has 1 N–H and O–H groups in total. The highest BCUT2D eigenvalue weighted by Crippen LogP contribution is 2.30. The normalized spacial score (nSPS) is 13.9. The van der Waals surface area contributed by atoms with Gasteiger partial charge in [0.1, 0.15) is 11.0 Å². The van der Waals surface area contributed by atoms with Gasteiger partial charge in [-0.2, -0.15) is 0 Å². The van der Waals surface area contributed by atoms with Crippen molar-refractivity contribution in [2.45, 2.75) is 65.6 Å². The van der Waals surface area contributed by atoms with Crippen molar-refractivity contribution < 1.29 is 0 Å². The van der Waals surface area contributed by atoms with Gasteiger partial charge in [-0.25, -0.2) is 9.97 Å². The van der Waals surface area contributed by atoms with Gasteiger partial charge in [-0.15, -0.1) is 11.3 Å². The van der Waals surface area contributed by atoms with Crippen LogP contribution in [0.2, 0.25) is 0 Å². The fourth-order valence-electron chi connectivity index (χ4n) is 2.22. The Hall–Kier alpha value is -1.20. The maximum absolute atomic E-state index is 4.88. The van der Waals surface area contributed by atoms with Crippen LogP contribution in [0.1, 0.15) is 64.0 Å². The Morgan fingerprint density at radius 2 is 2.05 bits per heavy atom. The van der Waals surface area contributed by atoms with Crippen LogP contribution in [0.3, 0.4) is 0 Å². The predicted molar refractivity (Wildman–Crippen MR) is 88.8 cm³/mol. The molecule has 5 heteroatoms. The average Bonchev–Trinajstić information content (AvgIpc) is 3.04. The summed E-state index contributed by atoms with van der Waals surface area (Å²) < 4.78 is 2.18. The molecule has 0 aliphatic heterocycles. The number of imidazole rings is 1. The van der Waals surface area contributed by atoms with Gasteiger partial charge in [-0.3, -0.25) is 0 Å². The highest BCUT2D eigenvalue weighted by Gasteiger charge is 2.24. The highest BCUT2D eigenvalue weighted by molar-refractivity contribution is 7.09. The molecule has 2 rings (SSSR count). The van der Waals surface area contributed by atoms with Gasteiger partial charge < -0.3 is 9.88 Å². The molecule has 21 heavy (non-hydrogen) atoms. The number of hydrogen-bond donors (Lipinski definition) is 1. The van der Waals surface area contributed by atoms with Crippen LogP contribution >= 0.6 is 11.3 Å². The van der Waals surface area contributed by atoms with E-state index < -0.39 is 0 Å². The molecule has 116 valence electrons. The molecular formula is C16H26N4S. The molecule has 0 aromatic carbocycles. The standard InChI is InChI=1S/C16H26N4S/c1-7-20-10-17-8-12(20)14(18-11(2)3)15-19-13(9-21-15)16(4,5)6/h8-11,14,18H,7H2,1-6H3. The summed E-state index contributed by atoms with van der Waals surface area (Å²) in [6.07, 6.45) is 3.84. The molecule has 4 nitrogen and oxygen atoms in total. The van der Waals surface area contributed by atoms with Gasteiger partial charge in [0.15, 0.2) is 0 Å². The van der Waals surface area contributed by atoms with Crippen LogP contribution < -0.4 is 5.32 Å². The minimum Gasteiger partial charge on any atom is -0.333 e. The number of thiazole rings is 1. The molecule has 0 spiro atoms. The van der Waals surface area contributed by atoms with Crippen LogP contribution in [0.15, 0.2) is 17.9 Å². The molecule has 0 saturated heterocycles. The van der Waals surface area contributed by atoms with E-state index in [-0.39, 0.29) is 11.5 Å². The first kappa shape index (κ1) is 16.2. The molecule has 1 unspecified atom stereocenters. The number of rotatable bonds is 5. The molecule has 0 saturated carbocycles. The lowest BCUT2D eigenvalue weighted by atomic mass is 9.93. The molecular weight excluding hydrogens is 280 g/mol. The first-order chi connectivity index (χ1) is 9.82. The van der Waals surface area contributed by atoms with Crippen molar-refractivity contribution in [3.63, 3.8) is 0 Å². The molecule has 0 fully saturated rings. The molecule has 0 radical (unpaired) electrons. The molecule has 1 atom stereocenters. The van der Waals surface area contributed by atoms with E-state index in [4.69, 9.17) is 4.98 Å². The largest absolute Gasteiger partial charge is 0.333 e. The van der Waals surface area contributed by atoms with Gasteiger partial charge in [-0.05, 0) is 20.8 Å². The van der Waals surface area contributed by atoms with Crippen LogP contribution in [-0.2, 0) is 12.0 Å². The number of nitrogens with zero attached hydrogens (tertiary/aromatic N) is 3.